The zero-order valence-corrected chi connectivity index (χ0v) is 23.3. The summed E-state index contributed by atoms with van der Waals surface area (Å²) in [5, 5.41) is 9.38. The van der Waals surface area contributed by atoms with Gasteiger partial charge in [0.15, 0.2) is 16.8 Å². The molecular weight excluding hydrogens is 538 g/mol. The molecule has 4 rings (SSSR count). The number of ketones is 1. The summed E-state index contributed by atoms with van der Waals surface area (Å²) in [6.07, 6.45) is 0. The number of carbonyl (C=O) groups is 1. The number of hydrogen-bond donors (Lipinski definition) is 0. The molecule has 0 fully saturated rings. The number of Topliss-reactive ketones (excluding diaryl/α,β-unsaturated/α-hetero) is 1. The number of ether oxygens (including phenoxy) is 2. The normalized spacial score (nSPS) is 11.0. The van der Waals surface area contributed by atoms with E-state index in [4.69, 9.17) is 9.47 Å². The average Bonchev–Trinajstić information content (AvgIpc) is 3.29. The first-order valence-corrected chi connectivity index (χ1v) is 12.4. The third-order valence-electron chi connectivity index (χ3n) is 5.55. The number of carbonyl (C=O) groups excluding carboxylic acids is 1. The van der Waals surface area contributed by atoms with Crippen LogP contribution >= 0.6 is 28.7 Å². The maximum atomic E-state index is 12.7. The summed E-state index contributed by atoms with van der Waals surface area (Å²) < 4.78 is 13.2. The first-order chi connectivity index (χ1) is 16.8. The number of halogens is 1. The highest BCUT2D eigenvalue weighted by Crippen LogP contribution is 2.26. The number of methoxy groups -OCH3 is 1. The van der Waals surface area contributed by atoms with Crippen LogP contribution in [0.4, 0.5) is 0 Å². The second-order valence-electron chi connectivity index (χ2n) is 9.07. The van der Waals surface area contributed by atoms with Gasteiger partial charge in [-0.3, -0.25) is 9.36 Å². The molecule has 0 bridgehead atoms. The fraction of sp³-hybridized carbons (Fsp3) is 0.250. The molecule has 6 nitrogen and oxygen atoms in total. The number of nitrogens with zero attached hydrogens (tertiary/aromatic N) is 3. The second-order valence-corrected chi connectivity index (χ2v) is 10.0. The average molecular weight is 569 g/mol. The molecule has 0 amide bonds. The summed E-state index contributed by atoms with van der Waals surface area (Å²) in [6, 6.07) is 25.1. The molecule has 0 unspecified atom stereocenters. The fourth-order valence-electron chi connectivity index (χ4n) is 3.51. The summed E-state index contributed by atoms with van der Waals surface area (Å²) in [4.78, 5) is 12.7. The van der Waals surface area contributed by atoms with Crippen molar-refractivity contribution in [2.75, 3.05) is 12.9 Å². The van der Waals surface area contributed by atoms with Crippen LogP contribution in [0.1, 0.15) is 42.5 Å². The van der Waals surface area contributed by atoms with E-state index in [1.165, 1.54) is 17.3 Å². The molecule has 0 aliphatic rings. The predicted molar refractivity (Wildman–Crippen MR) is 149 cm³/mol. The van der Waals surface area contributed by atoms with Crippen LogP contribution in [0.25, 0.3) is 5.69 Å². The van der Waals surface area contributed by atoms with E-state index in [2.05, 4.69) is 43.1 Å². The zero-order valence-electron chi connectivity index (χ0n) is 20.8. The van der Waals surface area contributed by atoms with E-state index < -0.39 is 0 Å². The lowest BCUT2D eigenvalue weighted by molar-refractivity contribution is 0.102. The molecule has 3 aromatic carbocycles. The van der Waals surface area contributed by atoms with E-state index in [1.807, 2.05) is 47.0 Å². The number of aromatic nitrogens is 3. The molecule has 1 aromatic heterocycles. The Labute approximate surface area is 226 Å². The predicted octanol–water partition coefficient (Wildman–Crippen LogP) is 6.71. The van der Waals surface area contributed by atoms with Crippen molar-refractivity contribution in [2.45, 2.75) is 37.9 Å². The molecule has 0 saturated heterocycles. The standard InChI is InChI=1S/C28H29N3O3S.BrH/c1-28(2,3)21-12-16-24(17-13-21)34-18-26-29-30-27(31(26)22-8-6-5-7-9-22)35-19-25(32)20-10-14-23(33-4)15-11-20;/h5-17H,18-19H2,1-4H3;1H. The van der Waals surface area contributed by atoms with Gasteiger partial charge in [-0.15, -0.1) is 27.2 Å². The highest BCUT2D eigenvalue weighted by molar-refractivity contribution is 8.93. The molecule has 0 aliphatic carbocycles. The van der Waals surface area contributed by atoms with Gasteiger partial charge in [0.05, 0.1) is 12.9 Å². The third kappa shape index (κ3) is 6.77. The topological polar surface area (TPSA) is 66.2 Å². The van der Waals surface area contributed by atoms with Gasteiger partial charge in [-0.25, -0.2) is 0 Å². The molecule has 0 spiro atoms. The summed E-state index contributed by atoms with van der Waals surface area (Å²) >= 11 is 1.35. The van der Waals surface area contributed by atoms with Crippen molar-refractivity contribution in [1.82, 2.24) is 14.8 Å². The highest BCUT2D eigenvalue weighted by Gasteiger charge is 2.18. The SMILES string of the molecule is Br.COc1ccc(C(=O)CSc2nnc(COc3ccc(C(C)(C)C)cc3)n2-c2ccccc2)cc1. The van der Waals surface area contributed by atoms with Crippen molar-refractivity contribution >= 4 is 34.5 Å². The van der Waals surface area contributed by atoms with Gasteiger partial charge in [-0.1, -0.05) is 62.9 Å². The first kappa shape index (κ1) is 27.5. The highest BCUT2D eigenvalue weighted by atomic mass is 79.9. The minimum atomic E-state index is 0. The van der Waals surface area contributed by atoms with Crippen molar-refractivity contribution < 1.29 is 14.3 Å². The molecule has 0 saturated carbocycles. The number of rotatable bonds is 9. The van der Waals surface area contributed by atoms with Gasteiger partial charge in [-0.2, -0.15) is 0 Å². The molecule has 0 N–H and O–H groups in total. The number of para-hydroxylation sites is 1. The van der Waals surface area contributed by atoms with E-state index in [1.54, 1.807) is 31.4 Å². The van der Waals surface area contributed by atoms with E-state index in [-0.39, 0.29) is 40.5 Å². The lowest BCUT2D eigenvalue weighted by atomic mass is 9.87. The molecule has 36 heavy (non-hydrogen) atoms. The summed E-state index contributed by atoms with van der Waals surface area (Å²) in [7, 11) is 1.60. The Morgan fingerprint density at radius 3 is 2.14 bits per heavy atom. The van der Waals surface area contributed by atoms with Crippen LogP contribution in [-0.2, 0) is 12.0 Å². The lowest BCUT2D eigenvalue weighted by Gasteiger charge is -2.19. The molecule has 1 heterocycles. The van der Waals surface area contributed by atoms with Crippen molar-refractivity contribution in [1.29, 1.82) is 0 Å². The molecular formula is C28H30BrN3O3S. The van der Waals surface area contributed by atoms with Crippen LogP contribution in [0.3, 0.4) is 0 Å². The molecule has 0 atom stereocenters. The Balaban J connectivity index is 0.00000361. The van der Waals surface area contributed by atoms with Crippen LogP contribution in [0.2, 0.25) is 0 Å². The first-order valence-electron chi connectivity index (χ1n) is 11.4. The van der Waals surface area contributed by atoms with Crippen molar-refractivity contribution in [3.8, 4) is 17.2 Å². The molecule has 0 radical (unpaired) electrons. The largest absolute Gasteiger partial charge is 0.497 e. The lowest BCUT2D eigenvalue weighted by Crippen LogP contribution is -2.11. The van der Waals surface area contributed by atoms with E-state index >= 15 is 0 Å². The van der Waals surface area contributed by atoms with Gasteiger partial charge in [0.25, 0.3) is 0 Å². The van der Waals surface area contributed by atoms with Crippen LogP contribution < -0.4 is 9.47 Å². The van der Waals surface area contributed by atoms with Crippen molar-refractivity contribution in [2.24, 2.45) is 0 Å². The van der Waals surface area contributed by atoms with Crippen molar-refractivity contribution in [3.63, 3.8) is 0 Å². The Morgan fingerprint density at radius 1 is 0.889 bits per heavy atom. The third-order valence-corrected chi connectivity index (χ3v) is 6.48. The van der Waals surface area contributed by atoms with Gasteiger partial charge in [0, 0.05) is 11.3 Å². The fourth-order valence-corrected chi connectivity index (χ4v) is 4.38. The van der Waals surface area contributed by atoms with Gasteiger partial charge in [-0.05, 0) is 59.5 Å². The summed E-state index contributed by atoms with van der Waals surface area (Å²) in [5.74, 6) is 2.40. The quantitative estimate of drug-likeness (QED) is 0.165. The monoisotopic (exact) mass is 567 g/mol. The Bertz CT molecular complexity index is 1270. The van der Waals surface area contributed by atoms with Crippen LogP contribution in [0, 0.1) is 0 Å². The molecule has 4 aromatic rings. The molecule has 188 valence electrons. The molecule has 8 heteroatoms. The van der Waals surface area contributed by atoms with E-state index in [0.29, 0.717) is 16.5 Å². The maximum Gasteiger partial charge on any atom is 0.196 e. The minimum Gasteiger partial charge on any atom is -0.497 e. The Kier molecular flexibility index (Phi) is 9.34. The maximum absolute atomic E-state index is 12.7. The Morgan fingerprint density at radius 2 is 1.53 bits per heavy atom. The zero-order chi connectivity index (χ0) is 24.8. The van der Waals surface area contributed by atoms with E-state index in [9.17, 15) is 4.79 Å². The minimum absolute atomic E-state index is 0. The summed E-state index contributed by atoms with van der Waals surface area (Å²) in [6.45, 7) is 6.81. The second kappa shape index (κ2) is 12.2. The number of thioether (sulfide) groups is 1. The molecule has 0 aliphatic heterocycles. The Hall–Kier alpha value is -3.10. The van der Waals surface area contributed by atoms with Crippen molar-refractivity contribution in [3.05, 3.63) is 95.8 Å². The van der Waals surface area contributed by atoms with Gasteiger partial charge in [0.1, 0.15) is 18.1 Å². The van der Waals surface area contributed by atoms with Gasteiger partial charge in [0.2, 0.25) is 0 Å². The smallest absolute Gasteiger partial charge is 0.196 e. The number of hydrogen-bond acceptors (Lipinski definition) is 6. The van der Waals surface area contributed by atoms with Crippen LogP contribution in [0.5, 0.6) is 11.5 Å². The van der Waals surface area contributed by atoms with Gasteiger partial charge < -0.3 is 9.47 Å². The van der Waals surface area contributed by atoms with Gasteiger partial charge >= 0.3 is 0 Å². The van der Waals surface area contributed by atoms with Crippen LogP contribution in [-0.4, -0.2) is 33.4 Å². The van der Waals surface area contributed by atoms with E-state index in [0.717, 1.165) is 17.2 Å². The van der Waals surface area contributed by atoms with Crippen LogP contribution in [0.15, 0.2) is 84.0 Å². The summed E-state index contributed by atoms with van der Waals surface area (Å²) in [5.41, 5.74) is 2.88. The number of benzene rings is 3.